The molecule has 0 fully saturated rings. The Bertz CT molecular complexity index is 880. The molecule has 2 rings (SSSR count). The summed E-state index contributed by atoms with van der Waals surface area (Å²) in [7, 11) is 2.91. The average molecular weight is 386 g/mol. The van der Waals surface area contributed by atoms with Crippen LogP contribution in [0.2, 0.25) is 0 Å². The van der Waals surface area contributed by atoms with E-state index >= 15 is 0 Å². The van der Waals surface area contributed by atoms with E-state index < -0.39 is 5.97 Å². The number of carbonyl (C=O) groups excluding carboxylic acids is 2. The second kappa shape index (κ2) is 10.1. The zero-order valence-electron chi connectivity index (χ0n) is 16.1. The molecule has 0 atom stereocenters. The first-order chi connectivity index (χ1) is 13.4. The zero-order valence-corrected chi connectivity index (χ0v) is 16.1. The van der Waals surface area contributed by atoms with Crippen molar-refractivity contribution < 1.29 is 19.4 Å². The molecule has 0 unspecified atom stereocenters. The number of hydrogen-bond donors (Lipinski definition) is 4. The number of benzene rings is 2. The molecule has 0 aliphatic rings. The van der Waals surface area contributed by atoms with Crippen LogP contribution in [0.1, 0.15) is 36.0 Å². The summed E-state index contributed by atoms with van der Waals surface area (Å²) in [5.41, 5.74) is 6.40. The first-order valence-electron chi connectivity index (χ1n) is 9.05. The number of nitrogens with two attached hydrogens (primary N) is 1. The van der Waals surface area contributed by atoms with Gasteiger partial charge in [-0.25, -0.2) is 4.79 Å². The third kappa shape index (κ3) is 5.87. The number of guanidine groups is 1. The second-order valence-corrected chi connectivity index (χ2v) is 6.32. The first kappa shape index (κ1) is 21.0. The highest BCUT2D eigenvalue weighted by molar-refractivity contribution is 6.00. The van der Waals surface area contributed by atoms with Crippen LogP contribution in [0.4, 0.5) is 5.69 Å². The van der Waals surface area contributed by atoms with Gasteiger partial charge in [0.2, 0.25) is 5.91 Å². The molecule has 0 heterocycles. The number of fused-ring (bicyclic) bond motifs is 1. The van der Waals surface area contributed by atoms with E-state index in [9.17, 15) is 14.7 Å². The van der Waals surface area contributed by atoms with Gasteiger partial charge in [-0.3, -0.25) is 9.79 Å². The van der Waals surface area contributed by atoms with Crippen LogP contribution in [0, 0.1) is 0 Å². The van der Waals surface area contributed by atoms with Gasteiger partial charge in [0, 0.05) is 31.1 Å². The minimum atomic E-state index is -0.519. The Hall–Kier alpha value is -3.29. The van der Waals surface area contributed by atoms with Gasteiger partial charge in [0.1, 0.15) is 5.75 Å². The highest BCUT2D eigenvalue weighted by atomic mass is 16.5. The van der Waals surface area contributed by atoms with Crippen molar-refractivity contribution in [2.75, 3.05) is 26.0 Å². The molecule has 150 valence electrons. The number of hydrogen-bond acceptors (Lipinski definition) is 5. The molecule has 0 aliphatic heterocycles. The topological polar surface area (TPSA) is 126 Å². The number of nitrogens with one attached hydrogen (secondary N) is 2. The third-order valence-corrected chi connectivity index (χ3v) is 4.26. The molecule has 5 N–H and O–H groups in total. The third-order valence-electron chi connectivity index (χ3n) is 4.26. The SMILES string of the molecule is CN=C(N)NCCCCCC(=O)Nc1ccc2cc(C(=O)OC)cc(O)c2c1. The molecule has 0 saturated carbocycles. The van der Waals surface area contributed by atoms with Crippen LogP contribution in [0.3, 0.4) is 0 Å². The molecule has 0 spiro atoms. The van der Waals surface area contributed by atoms with Crippen LogP contribution >= 0.6 is 0 Å². The van der Waals surface area contributed by atoms with Crippen molar-refractivity contribution in [3.05, 3.63) is 35.9 Å². The maximum atomic E-state index is 12.1. The number of amides is 1. The lowest BCUT2D eigenvalue weighted by Crippen LogP contribution is -2.32. The van der Waals surface area contributed by atoms with Crippen LogP contribution in [0.15, 0.2) is 35.3 Å². The summed E-state index contributed by atoms with van der Waals surface area (Å²) in [6.45, 7) is 0.725. The molecule has 1 amide bonds. The molecule has 2 aromatic rings. The van der Waals surface area contributed by atoms with Gasteiger partial charge in [0.25, 0.3) is 0 Å². The molecule has 0 saturated heterocycles. The van der Waals surface area contributed by atoms with Gasteiger partial charge >= 0.3 is 5.97 Å². The number of aliphatic imine (C=N–C) groups is 1. The predicted molar refractivity (Wildman–Crippen MR) is 110 cm³/mol. The normalized spacial score (nSPS) is 11.3. The van der Waals surface area contributed by atoms with E-state index in [2.05, 4.69) is 20.4 Å². The van der Waals surface area contributed by atoms with Crippen LogP contribution in [0.5, 0.6) is 5.75 Å². The number of ether oxygens (including phenoxy) is 1. The number of rotatable bonds is 8. The van der Waals surface area contributed by atoms with E-state index in [1.807, 2.05) is 0 Å². The highest BCUT2D eigenvalue weighted by Crippen LogP contribution is 2.29. The fourth-order valence-electron chi connectivity index (χ4n) is 2.76. The molecule has 2 aromatic carbocycles. The number of carbonyl (C=O) groups is 2. The molecule has 0 bridgehead atoms. The molecule has 8 nitrogen and oxygen atoms in total. The Balaban J connectivity index is 1.89. The predicted octanol–water partition coefficient (Wildman–Crippen LogP) is 2.37. The molecular formula is C20H26N4O4. The molecule has 0 radical (unpaired) electrons. The van der Waals surface area contributed by atoms with Crippen molar-refractivity contribution in [2.24, 2.45) is 10.7 Å². The number of esters is 1. The van der Waals surface area contributed by atoms with Gasteiger partial charge in [0.15, 0.2) is 5.96 Å². The molecule has 28 heavy (non-hydrogen) atoms. The lowest BCUT2D eigenvalue weighted by molar-refractivity contribution is -0.116. The van der Waals surface area contributed by atoms with Crippen molar-refractivity contribution in [3.8, 4) is 5.75 Å². The minimum absolute atomic E-state index is 0.0450. The summed E-state index contributed by atoms with van der Waals surface area (Å²) in [6, 6.07) is 8.14. The zero-order chi connectivity index (χ0) is 20.5. The molecular weight excluding hydrogens is 360 g/mol. The van der Waals surface area contributed by atoms with E-state index in [0.717, 1.165) is 25.8 Å². The van der Waals surface area contributed by atoms with Gasteiger partial charge in [-0.1, -0.05) is 12.5 Å². The first-order valence-corrected chi connectivity index (χ1v) is 9.05. The Morgan fingerprint density at radius 3 is 2.68 bits per heavy atom. The molecule has 8 heteroatoms. The van der Waals surface area contributed by atoms with Crippen LogP contribution in [-0.2, 0) is 9.53 Å². The van der Waals surface area contributed by atoms with Crippen LogP contribution in [0.25, 0.3) is 10.8 Å². The Morgan fingerprint density at radius 2 is 1.96 bits per heavy atom. The van der Waals surface area contributed by atoms with Gasteiger partial charge in [-0.2, -0.15) is 0 Å². The molecule has 0 aromatic heterocycles. The number of anilines is 1. The second-order valence-electron chi connectivity index (χ2n) is 6.32. The van der Waals surface area contributed by atoms with Crippen LogP contribution < -0.4 is 16.4 Å². The van der Waals surface area contributed by atoms with Crippen molar-refractivity contribution in [2.45, 2.75) is 25.7 Å². The number of aromatic hydroxyl groups is 1. The van der Waals surface area contributed by atoms with E-state index in [1.54, 1.807) is 31.3 Å². The van der Waals surface area contributed by atoms with Crippen molar-refractivity contribution in [1.29, 1.82) is 0 Å². The number of methoxy groups -OCH3 is 1. The summed E-state index contributed by atoms with van der Waals surface area (Å²) in [5, 5.41) is 17.2. The number of nitrogens with zero attached hydrogens (tertiary/aromatic N) is 1. The maximum Gasteiger partial charge on any atom is 0.338 e. The molecule has 0 aliphatic carbocycles. The summed E-state index contributed by atoms with van der Waals surface area (Å²) in [6.07, 6.45) is 2.96. The summed E-state index contributed by atoms with van der Waals surface area (Å²) in [5.74, 6) is -0.241. The van der Waals surface area contributed by atoms with E-state index in [1.165, 1.54) is 13.2 Å². The summed E-state index contributed by atoms with van der Waals surface area (Å²) < 4.78 is 4.67. The van der Waals surface area contributed by atoms with Crippen LogP contribution in [-0.4, -0.2) is 43.6 Å². The summed E-state index contributed by atoms with van der Waals surface area (Å²) >= 11 is 0. The average Bonchev–Trinajstić information content (AvgIpc) is 2.69. The maximum absolute atomic E-state index is 12.1. The van der Waals surface area contributed by atoms with Crippen molar-refractivity contribution in [3.63, 3.8) is 0 Å². The Morgan fingerprint density at radius 1 is 1.18 bits per heavy atom. The largest absolute Gasteiger partial charge is 0.507 e. The standard InChI is InChI=1S/C20H26N4O4/c1-22-20(21)23-9-5-3-4-6-18(26)24-15-8-7-13-10-14(19(27)28-2)11-17(25)16(13)12-15/h7-8,10-12,25H,3-6,9H2,1-2H3,(H,24,26)(H3,21,22,23). The van der Waals surface area contributed by atoms with Crippen molar-refractivity contribution >= 4 is 34.3 Å². The minimum Gasteiger partial charge on any atom is -0.507 e. The van der Waals surface area contributed by atoms with Crippen molar-refractivity contribution in [1.82, 2.24) is 5.32 Å². The van der Waals surface area contributed by atoms with Gasteiger partial charge in [-0.05, 0) is 42.5 Å². The number of unbranched alkanes of at least 4 members (excludes halogenated alkanes) is 2. The summed E-state index contributed by atoms with van der Waals surface area (Å²) in [4.78, 5) is 27.5. The highest BCUT2D eigenvalue weighted by Gasteiger charge is 2.11. The van der Waals surface area contributed by atoms with Gasteiger partial charge < -0.3 is 26.2 Å². The van der Waals surface area contributed by atoms with E-state index in [-0.39, 0.29) is 17.2 Å². The van der Waals surface area contributed by atoms with Gasteiger partial charge in [-0.15, -0.1) is 0 Å². The fourth-order valence-corrected chi connectivity index (χ4v) is 2.76. The van der Waals surface area contributed by atoms with Gasteiger partial charge in [0.05, 0.1) is 12.7 Å². The number of phenols is 1. The monoisotopic (exact) mass is 386 g/mol. The lowest BCUT2D eigenvalue weighted by Gasteiger charge is -2.09. The quantitative estimate of drug-likeness (QED) is 0.239. The van der Waals surface area contributed by atoms with E-state index in [4.69, 9.17) is 5.73 Å². The smallest absolute Gasteiger partial charge is 0.338 e. The van der Waals surface area contributed by atoms with E-state index in [0.29, 0.717) is 28.8 Å². The Kier molecular flexibility index (Phi) is 7.62. The fraction of sp³-hybridized carbons (Fsp3) is 0.350. The number of phenolic OH excluding ortho intramolecular Hbond substituents is 1. The Labute approximate surface area is 163 Å². The lowest BCUT2D eigenvalue weighted by atomic mass is 10.0.